The van der Waals surface area contributed by atoms with Crippen molar-refractivity contribution in [1.29, 1.82) is 0 Å². The van der Waals surface area contributed by atoms with Crippen LogP contribution in [0.4, 0.5) is 0 Å². The maximum atomic E-state index is 12.7. The Morgan fingerprint density at radius 1 is 1.05 bits per heavy atom. The van der Waals surface area contributed by atoms with E-state index in [1.807, 2.05) is 18.2 Å². The lowest BCUT2D eigenvalue weighted by Crippen LogP contribution is -2.07. The first-order valence-electron chi connectivity index (χ1n) is 6.18. The average molecular weight is 372 g/mol. The highest BCUT2D eigenvalue weighted by Gasteiger charge is 2.17. The summed E-state index contributed by atoms with van der Waals surface area (Å²) in [6, 6.07) is 10.6. The molecular weight excluding hydrogens is 359 g/mol. The van der Waals surface area contributed by atoms with Gasteiger partial charge in [0, 0.05) is 25.6 Å². The minimum Gasteiger partial charge on any atom is -0.289 e. The van der Waals surface area contributed by atoms with E-state index in [1.54, 1.807) is 18.2 Å². The zero-order valence-corrected chi connectivity index (χ0v) is 14.2. The van der Waals surface area contributed by atoms with Crippen molar-refractivity contribution >= 4 is 44.9 Å². The Labute approximate surface area is 137 Å². The minimum absolute atomic E-state index is 0.0643. The summed E-state index contributed by atoms with van der Waals surface area (Å²) in [7, 11) is 0. The molecule has 0 amide bonds. The molecule has 104 valence electrons. The Bertz CT molecular complexity index is 645. The van der Waals surface area contributed by atoms with Gasteiger partial charge in [0.25, 0.3) is 0 Å². The van der Waals surface area contributed by atoms with Gasteiger partial charge in [-0.15, -0.1) is 0 Å². The summed E-state index contributed by atoms with van der Waals surface area (Å²) in [6.45, 7) is 4.12. The Morgan fingerprint density at radius 2 is 1.65 bits per heavy atom. The van der Waals surface area contributed by atoms with Crippen LogP contribution in [0.15, 0.2) is 40.9 Å². The molecule has 2 aromatic rings. The van der Waals surface area contributed by atoms with Gasteiger partial charge in [-0.05, 0) is 47.9 Å². The number of carbonyl (C=O) groups is 1. The third-order valence-corrected chi connectivity index (χ3v) is 3.93. The van der Waals surface area contributed by atoms with Crippen LogP contribution in [0.5, 0.6) is 0 Å². The molecule has 2 rings (SSSR count). The number of carbonyl (C=O) groups excluding carboxylic acids is 1. The van der Waals surface area contributed by atoms with E-state index in [9.17, 15) is 4.79 Å². The molecule has 0 bridgehead atoms. The van der Waals surface area contributed by atoms with Crippen molar-refractivity contribution in [1.82, 2.24) is 0 Å². The van der Waals surface area contributed by atoms with Crippen molar-refractivity contribution in [2.75, 3.05) is 0 Å². The molecule has 0 aliphatic heterocycles. The van der Waals surface area contributed by atoms with Gasteiger partial charge in [-0.2, -0.15) is 0 Å². The summed E-state index contributed by atoms with van der Waals surface area (Å²) in [4.78, 5) is 12.7. The summed E-state index contributed by atoms with van der Waals surface area (Å²) >= 11 is 15.4. The highest BCUT2D eigenvalue weighted by molar-refractivity contribution is 9.10. The average Bonchev–Trinajstić information content (AvgIpc) is 2.36. The van der Waals surface area contributed by atoms with Crippen LogP contribution in [0, 0.1) is 0 Å². The molecule has 0 aliphatic rings. The van der Waals surface area contributed by atoms with Crippen molar-refractivity contribution in [2.45, 2.75) is 19.8 Å². The SMILES string of the molecule is CC(C)c1cc(Br)ccc1C(=O)c1cc(Cl)cc(Cl)c1. The van der Waals surface area contributed by atoms with Crippen LogP contribution in [0.25, 0.3) is 0 Å². The van der Waals surface area contributed by atoms with Crippen LogP contribution in [0.1, 0.15) is 41.3 Å². The smallest absolute Gasteiger partial charge is 0.193 e. The first kappa shape index (κ1) is 15.6. The predicted molar refractivity (Wildman–Crippen MR) is 88.1 cm³/mol. The fourth-order valence-electron chi connectivity index (χ4n) is 2.06. The highest BCUT2D eigenvalue weighted by Crippen LogP contribution is 2.27. The van der Waals surface area contributed by atoms with Gasteiger partial charge < -0.3 is 0 Å². The molecule has 0 fully saturated rings. The van der Waals surface area contributed by atoms with E-state index in [-0.39, 0.29) is 11.7 Å². The van der Waals surface area contributed by atoms with Crippen LogP contribution in [0.3, 0.4) is 0 Å². The molecule has 0 N–H and O–H groups in total. The van der Waals surface area contributed by atoms with Crippen LogP contribution in [-0.2, 0) is 0 Å². The number of benzene rings is 2. The van der Waals surface area contributed by atoms with Crippen molar-refractivity contribution in [3.63, 3.8) is 0 Å². The lowest BCUT2D eigenvalue weighted by atomic mass is 9.92. The minimum atomic E-state index is -0.0643. The predicted octanol–water partition coefficient (Wildman–Crippen LogP) is 6.11. The maximum absolute atomic E-state index is 12.7. The molecule has 0 aliphatic carbocycles. The third kappa shape index (κ3) is 3.43. The zero-order valence-electron chi connectivity index (χ0n) is 11.1. The molecule has 1 nitrogen and oxygen atoms in total. The topological polar surface area (TPSA) is 17.1 Å². The molecule has 0 atom stereocenters. The summed E-state index contributed by atoms with van der Waals surface area (Å²) in [6.07, 6.45) is 0. The zero-order chi connectivity index (χ0) is 14.9. The standard InChI is InChI=1S/C16H13BrCl2O/c1-9(2)15-7-11(17)3-4-14(15)16(20)10-5-12(18)8-13(19)6-10/h3-9H,1-2H3. The Morgan fingerprint density at radius 3 is 2.20 bits per heavy atom. The number of hydrogen-bond donors (Lipinski definition) is 0. The second kappa shape index (κ2) is 6.30. The summed E-state index contributed by atoms with van der Waals surface area (Å²) < 4.78 is 0.960. The molecular formula is C16H13BrCl2O. The van der Waals surface area contributed by atoms with Crippen molar-refractivity contribution in [3.8, 4) is 0 Å². The van der Waals surface area contributed by atoms with E-state index in [0.717, 1.165) is 10.0 Å². The Balaban J connectivity index is 2.53. The molecule has 2 aromatic carbocycles. The van der Waals surface area contributed by atoms with Crippen LogP contribution < -0.4 is 0 Å². The Hall–Kier alpha value is -0.830. The fourth-order valence-corrected chi connectivity index (χ4v) is 2.96. The van der Waals surface area contributed by atoms with Gasteiger partial charge in [0.15, 0.2) is 5.78 Å². The van der Waals surface area contributed by atoms with E-state index in [2.05, 4.69) is 29.8 Å². The summed E-state index contributed by atoms with van der Waals surface area (Å²) in [5.41, 5.74) is 2.19. The van der Waals surface area contributed by atoms with E-state index in [1.165, 1.54) is 0 Å². The van der Waals surface area contributed by atoms with Gasteiger partial charge in [0.05, 0.1) is 0 Å². The van der Waals surface area contributed by atoms with Gasteiger partial charge in [-0.3, -0.25) is 4.79 Å². The number of rotatable bonds is 3. The maximum Gasteiger partial charge on any atom is 0.193 e. The number of ketones is 1. The molecule has 20 heavy (non-hydrogen) atoms. The van der Waals surface area contributed by atoms with Gasteiger partial charge in [-0.1, -0.05) is 53.0 Å². The van der Waals surface area contributed by atoms with Gasteiger partial charge in [-0.25, -0.2) is 0 Å². The third-order valence-electron chi connectivity index (χ3n) is 3.00. The molecule has 0 unspecified atom stereocenters. The van der Waals surface area contributed by atoms with Gasteiger partial charge in [0.1, 0.15) is 0 Å². The lowest BCUT2D eigenvalue weighted by Gasteiger charge is -2.13. The summed E-state index contributed by atoms with van der Waals surface area (Å²) in [5, 5.41) is 0.924. The van der Waals surface area contributed by atoms with Gasteiger partial charge >= 0.3 is 0 Å². The van der Waals surface area contributed by atoms with Crippen LogP contribution >= 0.6 is 39.1 Å². The highest BCUT2D eigenvalue weighted by atomic mass is 79.9. The van der Waals surface area contributed by atoms with E-state index >= 15 is 0 Å². The first-order chi connectivity index (χ1) is 9.38. The van der Waals surface area contributed by atoms with Crippen molar-refractivity contribution < 1.29 is 4.79 Å². The summed E-state index contributed by atoms with van der Waals surface area (Å²) in [5.74, 6) is 0.187. The number of hydrogen-bond acceptors (Lipinski definition) is 1. The first-order valence-corrected chi connectivity index (χ1v) is 7.73. The monoisotopic (exact) mass is 370 g/mol. The Kier molecular flexibility index (Phi) is 4.90. The molecule has 0 radical (unpaired) electrons. The quantitative estimate of drug-likeness (QED) is 0.594. The second-order valence-corrected chi connectivity index (χ2v) is 6.66. The van der Waals surface area contributed by atoms with E-state index in [4.69, 9.17) is 23.2 Å². The molecule has 0 aromatic heterocycles. The van der Waals surface area contributed by atoms with Crippen molar-refractivity contribution in [2.24, 2.45) is 0 Å². The lowest BCUT2D eigenvalue weighted by molar-refractivity contribution is 0.103. The largest absolute Gasteiger partial charge is 0.289 e. The normalized spacial score (nSPS) is 10.9. The molecule has 0 spiro atoms. The van der Waals surface area contributed by atoms with Crippen LogP contribution in [-0.4, -0.2) is 5.78 Å². The number of halogens is 3. The second-order valence-electron chi connectivity index (χ2n) is 4.87. The molecule has 4 heteroatoms. The van der Waals surface area contributed by atoms with Crippen LogP contribution in [0.2, 0.25) is 10.0 Å². The molecule has 0 saturated heterocycles. The van der Waals surface area contributed by atoms with Gasteiger partial charge in [0.2, 0.25) is 0 Å². The van der Waals surface area contributed by atoms with Crippen molar-refractivity contribution in [3.05, 3.63) is 67.6 Å². The van der Waals surface area contributed by atoms with E-state index < -0.39 is 0 Å². The molecule has 0 heterocycles. The fraction of sp³-hybridized carbons (Fsp3) is 0.188. The molecule has 0 saturated carbocycles. The van der Waals surface area contributed by atoms with E-state index in [0.29, 0.717) is 21.2 Å².